The zero-order valence-corrected chi connectivity index (χ0v) is 21.1. The first-order valence-electron chi connectivity index (χ1n) is 11.3. The molecular formula is C24H17ClF5N5O3S. The fraction of sp³-hybridized carbons (Fsp3) is 0.250. The molecule has 1 unspecified atom stereocenters. The van der Waals surface area contributed by atoms with Gasteiger partial charge in [0, 0.05) is 33.7 Å². The number of rotatable bonds is 5. The van der Waals surface area contributed by atoms with Crippen LogP contribution < -0.4 is 16.0 Å². The third-order valence-electron chi connectivity index (χ3n) is 6.05. The quantitative estimate of drug-likeness (QED) is 0.390. The van der Waals surface area contributed by atoms with E-state index in [1.807, 2.05) is 0 Å². The van der Waals surface area contributed by atoms with Gasteiger partial charge in [-0.15, -0.1) is 0 Å². The molecule has 1 fully saturated rings. The van der Waals surface area contributed by atoms with Crippen LogP contribution in [-0.4, -0.2) is 44.8 Å². The lowest BCUT2D eigenvalue weighted by molar-refractivity contribution is -0.137. The maximum absolute atomic E-state index is 14.1. The van der Waals surface area contributed by atoms with Gasteiger partial charge in [0.05, 0.1) is 17.3 Å². The number of hydrogen-bond donors (Lipinski definition) is 3. The van der Waals surface area contributed by atoms with E-state index in [2.05, 4.69) is 20.9 Å². The Morgan fingerprint density at radius 2 is 1.82 bits per heavy atom. The first-order chi connectivity index (χ1) is 18.4. The number of amides is 3. The Hall–Kier alpha value is -3.65. The molecule has 0 radical (unpaired) electrons. The molecule has 0 aliphatic carbocycles. The number of thioether (sulfide) groups is 1. The molecule has 0 bridgehead atoms. The van der Waals surface area contributed by atoms with Crippen LogP contribution in [0.4, 0.5) is 27.8 Å². The van der Waals surface area contributed by atoms with Gasteiger partial charge < -0.3 is 20.5 Å². The molecule has 5 rings (SSSR count). The molecule has 2 aliphatic heterocycles. The summed E-state index contributed by atoms with van der Waals surface area (Å²) < 4.78 is 68.9. The second-order valence-electron chi connectivity index (χ2n) is 8.81. The van der Waals surface area contributed by atoms with Crippen molar-refractivity contribution in [2.24, 2.45) is 0 Å². The summed E-state index contributed by atoms with van der Waals surface area (Å²) in [7, 11) is 0. The average molecular weight is 586 g/mol. The van der Waals surface area contributed by atoms with E-state index in [0.717, 1.165) is 12.1 Å². The minimum atomic E-state index is -4.92. The van der Waals surface area contributed by atoms with Gasteiger partial charge >= 0.3 is 6.18 Å². The summed E-state index contributed by atoms with van der Waals surface area (Å²) in [6.07, 6.45) is -4.92. The summed E-state index contributed by atoms with van der Waals surface area (Å²) in [6.45, 7) is -0.401. The lowest BCUT2D eigenvalue weighted by atomic mass is 10.0. The molecule has 1 atom stereocenters. The minimum Gasteiger partial charge on any atom is -0.345 e. The maximum atomic E-state index is 14.1. The summed E-state index contributed by atoms with van der Waals surface area (Å²) in [6, 6.07) is 3.36. The van der Waals surface area contributed by atoms with Gasteiger partial charge in [-0.2, -0.15) is 24.9 Å². The first-order valence-corrected chi connectivity index (χ1v) is 12.9. The third kappa shape index (κ3) is 5.43. The molecule has 3 aromatic rings. The highest BCUT2D eigenvalue weighted by atomic mass is 35.5. The summed E-state index contributed by atoms with van der Waals surface area (Å²) in [5.74, 6) is -3.64. The Balaban J connectivity index is 1.60. The van der Waals surface area contributed by atoms with Crippen LogP contribution in [0.1, 0.15) is 43.8 Å². The Labute approximate surface area is 226 Å². The van der Waals surface area contributed by atoms with E-state index < -0.39 is 59.2 Å². The summed E-state index contributed by atoms with van der Waals surface area (Å²) in [4.78, 5) is 42.9. The number of carbonyl (C=O) groups excluding carboxylic acids is 3. The van der Waals surface area contributed by atoms with E-state index in [4.69, 9.17) is 11.6 Å². The molecule has 1 saturated heterocycles. The molecule has 2 aliphatic rings. The summed E-state index contributed by atoms with van der Waals surface area (Å²) >= 11 is 7.88. The van der Waals surface area contributed by atoms with E-state index in [1.165, 1.54) is 10.6 Å². The zero-order chi connectivity index (χ0) is 28.1. The van der Waals surface area contributed by atoms with Crippen LogP contribution in [-0.2, 0) is 17.5 Å². The van der Waals surface area contributed by atoms with Crippen molar-refractivity contribution in [3.05, 3.63) is 81.3 Å². The fourth-order valence-corrected chi connectivity index (χ4v) is 5.06. The first kappa shape index (κ1) is 26.9. The predicted molar refractivity (Wildman–Crippen MR) is 132 cm³/mol. The SMILES string of the molecule is O=C1Cn2c(C(=O)NC3CSC3)nc(NC(=O)c3cc(F)cc(C(F)(F)F)c3)c2C(c2cc(F)ccc2Cl)N1. The van der Waals surface area contributed by atoms with Crippen LogP contribution in [0.25, 0.3) is 0 Å². The maximum Gasteiger partial charge on any atom is 0.416 e. The van der Waals surface area contributed by atoms with Crippen molar-refractivity contribution in [1.82, 2.24) is 20.2 Å². The number of aromatic nitrogens is 2. The van der Waals surface area contributed by atoms with Crippen molar-refractivity contribution in [2.45, 2.75) is 24.8 Å². The molecule has 1 aromatic heterocycles. The molecular weight excluding hydrogens is 569 g/mol. The fourth-order valence-electron chi connectivity index (χ4n) is 4.20. The van der Waals surface area contributed by atoms with Gasteiger partial charge in [-0.05, 0) is 36.4 Å². The second kappa shape index (κ2) is 10.2. The van der Waals surface area contributed by atoms with Crippen LogP contribution in [0.5, 0.6) is 0 Å². The molecule has 3 N–H and O–H groups in total. The van der Waals surface area contributed by atoms with Crippen LogP contribution in [0.3, 0.4) is 0 Å². The molecule has 8 nitrogen and oxygen atoms in total. The predicted octanol–water partition coefficient (Wildman–Crippen LogP) is 4.15. The van der Waals surface area contributed by atoms with Crippen LogP contribution >= 0.6 is 23.4 Å². The highest BCUT2D eigenvalue weighted by molar-refractivity contribution is 8.00. The van der Waals surface area contributed by atoms with Crippen molar-refractivity contribution in [2.75, 3.05) is 16.8 Å². The summed E-state index contributed by atoms with van der Waals surface area (Å²) in [5, 5.41) is 7.74. The average Bonchev–Trinajstić information content (AvgIpc) is 3.19. The van der Waals surface area contributed by atoms with Crippen molar-refractivity contribution in [3.63, 3.8) is 0 Å². The highest BCUT2D eigenvalue weighted by Crippen LogP contribution is 2.37. The number of carbonyl (C=O) groups is 3. The van der Waals surface area contributed by atoms with Crippen LogP contribution in [0, 0.1) is 11.6 Å². The van der Waals surface area contributed by atoms with Gasteiger partial charge in [0.2, 0.25) is 11.7 Å². The topological polar surface area (TPSA) is 105 Å². The summed E-state index contributed by atoms with van der Waals surface area (Å²) in [5.41, 5.74) is -1.94. The number of fused-ring (bicyclic) bond motifs is 1. The van der Waals surface area contributed by atoms with Gasteiger partial charge in [-0.25, -0.2) is 13.8 Å². The van der Waals surface area contributed by atoms with E-state index in [-0.39, 0.29) is 40.0 Å². The molecule has 3 heterocycles. The van der Waals surface area contributed by atoms with E-state index in [0.29, 0.717) is 23.6 Å². The number of nitrogens with zero attached hydrogens (tertiary/aromatic N) is 2. The Morgan fingerprint density at radius 1 is 1.08 bits per heavy atom. The largest absolute Gasteiger partial charge is 0.416 e. The van der Waals surface area contributed by atoms with Crippen LogP contribution in [0.15, 0.2) is 36.4 Å². The standard InChI is InChI=1S/C24H17ClF5N5O3S/c25-16-2-1-12(26)6-15(16)18-19-20(34-22(37)10-3-11(24(28,29)30)5-13(27)4-10)33-21(35(19)7-17(36)32-18)23(38)31-14-8-39-9-14/h1-6,14,18H,7-9H2,(H,31,38)(H,32,36)(H,34,37). The third-order valence-corrected chi connectivity index (χ3v) is 7.67. The van der Waals surface area contributed by atoms with Crippen LogP contribution in [0.2, 0.25) is 5.02 Å². The lowest BCUT2D eigenvalue weighted by Crippen LogP contribution is -2.46. The molecule has 0 spiro atoms. The van der Waals surface area contributed by atoms with Gasteiger partial charge in [0.1, 0.15) is 18.2 Å². The number of anilines is 1. The van der Waals surface area contributed by atoms with E-state index in [1.54, 1.807) is 11.8 Å². The normalized spacial score (nSPS) is 17.2. The lowest BCUT2D eigenvalue weighted by Gasteiger charge is -2.29. The minimum absolute atomic E-state index is 0.0241. The Morgan fingerprint density at radius 3 is 2.49 bits per heavy atom. The molecule has 2 aromatic carbocycles. The number of alkyl halides is 3. The van der Waals surface area contributed by atoms with Gasteiger partial charge in [0.25, 0.3) is 11.8 Å². The smallest absolute Gasteiger partial charge is 0.345 e. The van der Waals surface area contributed by atoms with Crippen molar-refractivity contribution >= 4 is 46.9 Å². The zero-order valence-electron chi connectivity index (χ0n) is 19.5. The molecule has 3 amide bonds. The number of nitrogens with one attached hydrogen (secondary N) is 3. The number of imidazole rings is 1. The van der Waals surface area contributed by atoms with Crippen molar-refractivity contribution in [3.8, 4) is 0 Å². The second-order valence-corrected chi connectivity index (χ2v) is 10.3. The molecule has 15 heteroatoms. The Kier molecular flexibility index (Phi) is 7.01. The molecule has 0 saturated carbocycles. The van der Waals surface area contributed by atoms with Gasteiger partial charge in [-0.3, -0.25) is 14.4 Å². The molecule has 204 valence electrons. The van der Waals surface area contributed by atoms with Gasteiger partial charge in [0.15, 0.2) is 5.82 Å². The number of halogens is 6. The van der Waals surface area contributed by atoms with E-state index >= 15 is 0 Å². The monoisotopic (exact) mass is 585 g/mol. The number of hydrogen-bond acceptors (Lipinski definition) is 5. The van der Waals surface area contributed by atoms with Crippen molar-refractivity contribution < 1.29 is 36.3 Å². The molecule has 39 heavy (non-hydrogen) atoms. The highest BCUT2D eigenvalue weighted by Gasteiger charge is 2.37. The van der Waals surface area contributed by atoms with Crippen molar-refractivity contribution in [1.29, 1.82) is 0 Å². The number of benzene rings is 2. The Bertz CT molecular complexity index is 1510. The van der Waals surface area contributed by atoms with Gasteiger partial charge in [-0.1, -0.05) is 11.6 Å². The van der Waals surface area contributed by atoms with E-state index in [9.17, 15) is 36.3 Å².